The molecular formula is C11H15FN2O3S2. The van der Waals surface area contributed by atoms with Crippen molar-refractivity contribution in [1.82, 2.24) is 9.88 Å². The number of halogens is 1. The first-order valence-electron chi connectivity index (χ1n) is 5.90. The molecule has 0 spiro atoms. The van der Waals surface area contributed by atoms with Crippen molar-refractivity contribution in [2.75, 3.05) is 13.1 Å². The average molecular weight is 306 g/mol. The Labute approximate surface area is 115 Å². The molecule has 106 valence electrons. The highest BCUT2D eigenvalue weighted by Gasteiger charge is 2.38. The van der Waals surface area contributed by atoms with E-state index in [4.69, 9.17) is 0 Å². The summed E-state index contributed by atoms with van der Waals surface area (Å²) in [5, 5.41) is 1.61. The third-order valence-corrected chi connectivity index (χ3v) is 5.44. The van der Waals surface area contributed by atoms with Gasteiger partial charge in [-0.05, 0) is 6.92 Å². The summed E-state index contributed by atoms with van der Waals surface area (Å²) in [6.45, 7) is 4.12. The van der Waals surface area contributed by atoms with Crippen molar-refractivity contribution in [3.05, 3.63) is 16.1 Å². The third kappa shape index (κ3) is 3.30. The Morgan fingerprint density at radius 3 is 2.79 bits per heavy atom. The molecule has 0 aromatic carbocycles. The molecule has 1 aliphatic heterocycles. The van der Waals surface area contributed by atoms with E-state index in [0.717, 1.165) is 10.7 Å². The number of carbonyl (C=O) groups excluding carboxylic acids is 1. The maximum absolute atomic E-state index is 12.9. The first kappa shape index (κ1) is 14.4. The van der Waals surface area contributed by atoms with E-state index < -0.39 is 15.5 Å². The molecule has 1 aromatic rings. The van der Waals surface area contributed by atoms with E-state index in [9.17, 15) is 17.1 Å². The van der Waals surface area contributed by atoms with E-state index in [2.05, 4.69) is 4.98 Å². The molecule has 1 saturated heterocycles. The number of rotatable bonds is 4. The minimum Gasteiger partial charge on any atom is -0.341 e. The monoisotopic (exact) mass is 306 g/mol. The molecule has 0 radical (unpaired) electrons. The molecular weight excluding hydrogens is 291 g/mol. The zero-order valence-corrected chi connectivity index (χ0v) is 12.3. The van der Waals surface area contributed by atoms with E-state index in [-0.39, 0.29) is 24.8 Å². The van der Waals surface area contributed by atoms with Gasteiger partial charge in [-0.15, -0.1) is 15.2 Å². The first-order valence-corrected chi connectivity index (χ1v) is 8.23. The molecule has 0 N–H and O–H groups in total. The summed E-state index contributed by atoms with van der Waals surface area (Å²) in [5.41, 5.74) is 0.920. The largest absolute Gasteiger partial charge is 0.341 e. The maximum Gasteiger partial charge on any atom is 0.307 e. The fourth-order valence-electron chi connectivity index (χ4n) is 2.11. The Morgan fingerprint density at radius 2 is 2.32 bits per heavy atom. The van der Waals surface area contributed by atoms with Crippen LogP contribution in [0.5, 0.6) is 0 Å². The molecule has 1 fully saturated rings. The molecule has 2 rings (SSSR count). The number of likely N-dealkylation sites (tertiary alicyclic amines) is 1. The normalized spacial score (nSPS) is 21.9. The van der Waals surface area contributed by atoms with Gasteiger partial charge in [-0.1, -0.05) is 6.92 Å². The fourth-order valence-corrected chi connectivity index (χ4v) is 3.66. The lowest BCUT2D eigenvalue weighted by atomic mass is 10.2. The lowest BCUT2D eigenvalue weighted by Gasteiger charge is -2.19. The van der Waals surface area contributed by atoms with Crippen LogP contribution in [0.25, 0.3) is 0 Å². The fraction of sp³-hybridized carbons (Fsp3) is 0.636. The minimum absolute atomic E-state index is 0.0173. The lowest BCUT2D eigenvalue weighted by Crippen LogP contribution is -2.30. The number of aryl methyl sites for hydroxylation is 1. The average Bonchev–Trinajstić information content (AvgIpc) is 2.85. The Bertz CT molecular complexity index is 585. The van der Waals surface area contributed by atoms with Gasteiger partial charge < -0.3 is 4.90 Å². The lowest BCUT2D eigenvalue weighted by molar-refractivity contribution is -0.127. The van der Waals surface area contributed by atoms with Crippen molar-refractivity contribution in [3.8, 4) is 0 Å². The molecule has 1 amide bonds. The molecule has 1 aromatic heterocycles. The van der Waals surface area contributed by atoms with Crippen molar-refractivity contribution < 1.29 is 17.1 Å². The van der Waals surface area contributed by atoms with E-state index in [0.29, 0.717) is 6.54 Å². The Balaban J connectivity index is 2.02. The van der Waals surface area contributed by atoms with Crippen LogP contribution < -0.4 is 0 Å². The zero-order chi connectivity index (χ0) is 14.2. The molecule has 0 aliphatic carbocycles. The van der Waals surface area contributed by atoms with Crippen LogP contribution in [0, 0.1) is 6.92 Å². The van der Waals surface area contributed by atoms with Gasteiger partial charge in [0.05, 0.1) is 5.01 Å². The van der Waals surface area contributed by atoms with Crippen LogP contribution >= 0.6 is 11.3 Å². The third-order valence-electron chi connectivity index (χ3n) is 3.13. The van der Waals surface area contributed by atoms with Crippen molar-refractivity contribution in [3.63, 3.8) is 0 Å². The highest BCUT2D eigenvalue weighted by Crippen LogP contribution is 2.25. The molecule has 0 bridgehead atoms. The molecule has 5 nitrogen and oxygen atoms in total. The van der Waals surface area contributed by atoms with Crippen LogP contribution in [0.1, 0.15) is 30.0 Å². The summed E-state index contributed by atoms with van der Waals surface area (Å²) in [7, 11) is -4.64. The van der Waals surface area contributed by atoms with Crippen LogP contribution in [0.4, 0.5) is 3.89 Å². The van der Waals surface area contributed by atoms with Gasteiger partial charge in [0.15, 0.2) is 0 Å². The second kappa shape index (κ2) is 5.16. The summed E-state index contributed by atoms with van der Waals surface area (Å²) < 4.78 is 34.5. The smallest absolute Gasteiger partial charge is 0.307 e. The Kier molecular flexibility index (Phi) is 3.91. The first-order chi connectivity index (χ1) is 8.77. The van der Waals surface area contributed by atoms with Crippen LogP contribution in [0.15, 0.2) is 5.38 Å². The van der Waals surface area contributed by atoms with Crippen molar-refractivity contribution in [2.45, 2.75) is 31.4 Å². The number of carbonyl (C=O) groups is 1. The summed E-state index contributed by atoms with van der Waals surface area (Å²) in [6.07, 6.45) is -0.261. The van der Waals surface area contributed by atoms with Crippen LogP contribution in [-0.4, -0.2) is 42.5 Å². The molecule has 1 aliphatic rings. The second-order valence-electron chi connectivity index (χ2n) is 4.83. The van der Waals surface area contributed by atoms with E-state index >= 15 is 0 Å². The number of thiazole rings is 1. The van der Waals surface area contributed by atoms with Crippen LogP contribution in [0.2, 0.25) is 0 Å². The predicted molar refractivity (Wildman–Crippen MR) is 70.3 cm³/mol. The summed E-state index contributed by atoms with van der Waals surface area (Å²) >= 11 is 1.51. The van der Waals surface area contributed by atoms with Crippen molar-refractivity contribution in [1.29, 1.82) is 0 Å². The molecule has 0 saturated carbocycles. The van der Waals surface area contributed by atoms with E-state index in [1.54, 1.807) is 0 Å². The molecule has 2 heterocycles. The minimum atomic E-state index is -4.64. The summed E-state index contributed by atoms with van der Waals surface area (Å²) in [4.78, 5) is 17.4. The van der Waals surface area contributed by atoms with Gasteiger partial charge >= 0.3 is 10.2 Å². The van der Waals surface area contributed by atoms with Crippen LogP contribution in [-0.2, 0) is 15.0 Å². The standard InChI is InChI=1S/C11H15FN2O3S2/c1-7(11-13-8(2)6-18-11)4-14-5-9(3-10(14)15)19(12,16)17/h6-7,9H,3-5H2,1-2H3. The second-order valence-corrected chi connectivity index (χ2v) is 7.34. The molecule has 8 heteroatoms. The SMILES string of the molecule is Cc1csc(C(C)CN2CC(S(=O)(=O)F)CC2=O)n1. The Morgan fingerprint density at radius 1 is 1.63 bits per heavy atom. The maximum atomic E-state index is 12.9. The number of nitrogens with zero attached hydrogens (tertiary/aromatic N) is 2. The summed E-state index contributed by atoms with van der Waals surface area (Å²) in [6, 6.07) is 0. The molecule has 19 heavy (non-hydrogen) atoms. The highest BCUT2D eigenvalue weighted by molar-refractivity contribution is 7.87. The van der Waals surface area contributed by atoms with Gasteiger partial charge in [0, 0.05) is 36.5 Å². The van der Waals surface area contributed by atoms with Gasteiger partial charge in [-0.25, -0.2) is 4.98 Å². The number of hydrogen-bond acceptors (Lipinski definition) is 5. The van der Waals surface area contributed by atoms with Crippen molar-refractivity contribution >= 4 is 27.5 Å². The van der Waals surface area contributed by atoms with Crippen LogP contribution in [0.3, 0.4) is 0 Å². The molecule has 2 unspecified atom stereocenters. The quantitative estimate of drug-likeness (QED) is 0.790. The van der Waals surface area contributed by atoms with E-state index in [1.807, 2.05) is 19.2 Å². The van der Waals surface area contributed by atoms with Gasteiger partial charge in [0.2, 0.25) is 5.91 Å². The predicted octanol–water partition coefficient (Wildman–Crippen LogP) is 1.46. The van der Waals surface area contributed by atoms with Gasteiger partial charge in [-0.3, -0.25) is 4.79 Å². The number of amides is 1. The topological polar surface area (TPSA) is 67.3 Å². The van der Waals surface area contributed by atoms with Gasteiger partial charge in [0.1, 0.15) is 5.25 Å². The number of aromatic nitrogens is 1. The van der Waals surface area contributed by atoms with E-state index in [1.165, 1.54) is 16.2 Å². The number of hydrogen-bond donors (Lipinski definition) is 0. The Hall–Kier alpha value is -1.02. The van der Waals surface area contributed by atoms with Gasteiger partial charge in [-0.2, -0.15) is 8.42 Å². The highest BCUT2D eigenvalue weighted by atomic mass is 32.3. The van der Waals surface area contributed by atoms with Crippen molar-refractivity contribution in [2.24, 2.45) is 0 Å². The molecule has 2 atom stereocenters. The zero-order valence-electron chi connectivity index (χ0n) is 10.7. The summed E-state index contributed by atoms with van der Waals surface area (Å²) in [5.74, 6) is -0.296. The van der Waals surface area contributed by atoms with Gasteiger partial charge in [0.25, 0.3) is 0 Å².